The lowest BCUT2D eigenvalue weighted by molar-refractivity contribution is -0.222. The Hall–Kier alpha value is -1.97. The number of rotatable bonds is 7. The van der Waals surface area contributed by atoms with Crippen molar-refractivity contribution >= 4 is 10.1 Å². The molecule has 3 saturated carbocycles. The zero-order valence-electron chi connectivity index (χ0n) is 23.8. The second-order valence-electron chi connectivity index (χ2n) is 13.1. The summed E-state index contributed by atoms with van der Waals surface area (Å²) >= 11 is 0. The van der Waals surface area contributed by atoms with Gasteiger partial charge in [-0.15, -0.1) is 0 Å². The van der Waals surface area contributed by atoms with Gasteiger partial charge in [-0.1, -0.05) is 43.2 Å². The van der Waals surface area contributed by atoms with Crippen LogP contribution in [0, 0.1) is 29.6 Å². The SMILES string of the molecule is Cc1ccc(S(=O)(=O)OCCO[C@@H]2C=C3CC[C@@H]4[C@H](CC[C@]5(C)[C@@](O)(c6ccoc6)CC[C@]45O)[C@@]3(C)CC2)cc1. The van der Waals surface area contributed by atoms with Crippen LogP contribution in [0.25, 0.3) is 0 Å². The molecule has 0 amide bonds. The Bertz CT molecular complexity index is 1370. The van der Waals surface area contributed by atoms with E-state index in [-0.39, 0.29) is 35.5 Å². The van der Waals surface area contributed by atoms with Gasteiger partial charge in [0.15, 0.2) is 0 Å². The molecule has 0 bridgehead atoms. The summed E-state index contributed by atoms with van der Waals surface area (Å²) in [5, 5.41) is 24.3. The summed E-state index contributed by atoms with van der Waals surface area (Å²) in [7, 11) is -3.81. The van der Waals surface area contributed by atoms with Gasteiger partial charge in [-0.05, 0) is 93.7 Å². The molecular weight excluding hydrogens is 528 g/mol. The lowest BCUT2D eigenvalue weighted by Gasteiger charge is -2.62. The quantitative estimate of drug-likeness (QED) is 0.252. The molecule has 3 fully saturated rings. The monoisotopic (exact) mass is 570 g/mol. The van der Waals surface area contributed by atoms with Crippen LogP contribution in [0.5, 0.6) is 0 Å². The van der Waals surface area contributed by atoms with Crippen LogP contribution in [0.15, 0.2) is 63.8 Å². The number of allylic oxidation sites excluding steroid dienone is 1. The Kier molecular flexibility index (Phi) is 6.90. The van der Waals surface area contributed by atoms with E-state index in [4.69, 9.17) is 13.3 Å². The van der Waals surface area contributed by atoms with Crippen LogP contribution in [0.1, 0.15) is 76.3 Å². The molecule has 6 rings (SSSR count). The fourth-order valence-electron chi connectivity index (χ4n) is 8.89. The van der Waals surface area contributed by atoms with Crippen LogP contribution in [0.2, 0.25) is 0 Å². The maximum Gasteiger partial charge on any atom is 0.297 e. The molecule has 1 heterocycles. The van der Waals surface area contributed by atoms with Crippen molar-refractivity contribution in [2.75, 3.05) is 13.2 Å². The molecule has 8 heteroatoms. The molecule has 2 aromatic rings. The smallest absolute Gasteiger partial charge is 0.297 e. The van der Waals surface area contributed by atoms with Crippen molar-refractivity contribution in [1.82, 2.24) is 0 Å². The van der Waals surface area contributed by atoms with Gasteiger partial charge in [0.2, 0.25) is 0 Å². The van der Waals surface area contributed by atoms with Gasteiger partial charge in [0, 0.05) is 11.0 Å². The van der Waals surface area contributed by atoms with Crippen molar-refractivity contribution in [1.29, 1.82) is 0 Å². The van der Waals surface area contributed by atoms with Gasteiger partial charge >= 0.3 is 0 Å². The highest BCUT2D eigenvalue weighted by Gasteiger charge is 2.71. The highest BCUT2D eigenvalue weighted by atomic mass is 32.2. The van der Waals surface area contributed by atoms with Crippen LogP contribution in [-0.2, 0) is 24.6 Å². The second-order valence-corrected chi connectivity index (χ2v) is 14.7. The van der Waals surface area contributed by atoms with Gasteiger partial charge in [-0.25, -0.2) is 0 Å². The number of furan rings is 1. The first-order valence-corrected chi connectivity index (χ1v) is 16.1. The Morgan fingerprint density at radius 1 is 0.950 bits per heavy atom. The minimum Gasteiger partial charge on any atom is -0.472 e. The zero-order valence-corrected chi connectivity index (χ0v) is 24.6. The molecule has 0 spiro atoms. The van der Waals surface area contributed by atoms with E-state index in [1.165, 1.54) is 5.57 Å². The number of fused-ring (bicyclic) bond motifs is 5. The summed E-state index contributed by atoms with van der Waals surface area (Å²) in [6.45, 7) is 6.52. The lowest BCUT2D eigenvalue weighted by Crippen LogP contribution is -2.63. The number of hydrogen-bond acceptors (Lipinski definition) is 7. The van der Waals surface area contributed by atoms with E-state index in [1.807, 2.05) is 13.0 Å². The van der Waals surface area contributed by atoms with Gasteiger partial charge < -0.3 is 19.4 Å². The number of ether oxygens (including phenoxy) is 1. The molecule has 7 atom stereocenters. The first kappa shape index (κ1) is 28.2. The third-order valence-corrected chi connectivity index (χ3v) is 12.7. The summed E-state index contributed by atoms with van der Waals surface area (Å²) in [5.41, 5.74) is 0.517. The first-order valence-electron chi connectivity index (χ1n) is 14.7. The fourth-order valence-corrected chi connectivity index (χ4v) is 9.79. The van der Waals surface area contributed by atoms with Gasteiger partial charge in [0.05, 0.1) is 42.3 Å². The molecule has 2 N–H and O–H groups in total. The average molecular weight is 571 g/mol. The summed E-state index contributed by atoms with van der Waals surface area (Å²) in [6.07, 6.45) is 11.9. The third-order valence-electron chi connectivity index (χ3n) is 11.4. The molecule has 0 aliphatic heterocycles. The zero-order chi connectivity index (χ0) is 28.4. The Labute approximate surface area is 237 Å². The van der Waals surface area contributed by atoms with Crippen molar-refractivity contribution < 1.29 is 32.0 Å². The van der Waals surface area contributed by atoms with Gasteiger partial charge in [-0.2, -0.15) is 8.42 Å². The van der Waals surface area contributed by atoms with Crippen LogP contribution in [0.4, 0.5) is 0 Å². The van der Waals surface area contributed by atoms with Crippen LogP contribution >= 0.6 is 0 Å². The van der Waals surface area contributed by atoms with Gasteiger partial charge in [-0.3, -0.25) is 4.18 Å². The van der Waals surface area contributed by atoms with Crippen LogP contribution in [0.3, 0.4) is 0 Å². The minimum absolute atomic E-state index is 0.0124. The highest BCUT2D eigenvalue weighted by Crippen LogP contribution is 2.71. The van der Waals surface area contributed by atoms with Crippen LogP contribution < -0.4 is 0 Å². The topological polar surface area (TPSA) is 106 Å². The number of aliphatic hydroxyl groups is 2. The third kappa shape index (κ3) is 4.17. The summed E-state index contributed by atoms with van der Waals surface area (Å²) in [5.74, 6) is 0.480. The molecule has 4 aliphatic rings. The van der Waals surface area contributed by atoms with Crippen molar-refractivity contribution in [2.24, 2.45) is 22.7 Å². The Morgan fingerprint density at radius 3 is 2.45 bits per heavy atom. The van der Waals surface area contributed by atoms with Crippen molar-refractivity contribution in [3.8, 4) is 0 Å². The van der Waals surface area contributed by atoms with Crippen LogP contribution in [-0.4, -0.2) is 43.5 Å². The fraction of sp³-hybridized carbons (Fsp3) is 0.625. The van der Waals surface area contributed by atoms with Crippen molar-refractivity contribution in [3.05, 3.63) is 65.6 Å². The number of aryl methyl sites for hydroxylation is 1. The molecule has 0 saturated heterocycles. The lowest BCUT2D eigenvalue weighted by atomic mass is 9.44. The molecule has 40 heavy (non-hydrogen) atoms. The van der Waals surface area contributed by atoms with E-state index < -0.39 is 26.7 Å². The van der Waals surface area contributed by atoms with Gasteiger partial charge in [0.1, 0.15) is 5.60 Å². The summed E-state index contributed by atoms with van der Waals surface area (Å²) < 4.78 is 41.6. The number of hydrogen-bond donors (Lipinski definition) is 2. The molecule has 0 unspecified atom stereocenters. The Balaban J connectivity index is 1.11. The first-order chi connectivity index (χ1) is 18.9. The summed E-state index contributed by atoms with van der Waals surface area (Å²) in [6, 6.07) is 8.47. The van der Waals surface area contributed by atoms with Crippen molar-refractivity contribution in [2.45, 2.75) is 94.3 Å². The number of benzene rings is 1. The predicted octanol–water partition coefficient (Wildman–Crippen LogP) is 5.64. The molecular formula is C32H42O7S. The van der Waals surface area contributed by atoms with E-state index in [1.54, 1.807) is 36.8 Å². The largest absolute Gasteiger partial charge is 0.472 e. The predicted molar refractivity (Wildman–Crippen MR) is 150 cm³/mol. The van der Waals surface area contributed by atoms with E-state index >= 15 is 0 Å². The maximum absolute atomic E-state index is 12.5. The standard InChI is InChI=1S/C32H42O7S/c1-22-4-7-26(8-5-22)40(35,36)39-19-18-38-25-10-13-29(2)23(20-25)6-9-28-27(29)11-14-30(3)31(33,15-16-32(28,30)34)24-12-17-37-21-24/h4-5,7-8,12,17,20-21,25,27-28,33-34H,6,9-11,13-16,18-19H2,1-3H3/t25-,27-,28+,29-,30+,31-,32-/m0/s1. The summed E-state index contributed by atoms with van der Waals surface area (Å²) in [4.78, 5) is 0.154. The molecule has 0 radical (unpaired) electrons. The highest BCUT2D eigenvalue weighted by molar-refractivity contribution is 7.86. The molecule has 218 valence electrons. The normalized spacial score (nSPS) is 39.2. The average Bonchev–Trinajstić information content (AvgIpc) is 3.54. The minimum atomic E-state index is -3.81. The molecule has 1 aromatic heterocycles. The van der Waals surface area contributed by atoms with E-state index in [0.717, 1.165) is 49.7 Å². The second kappa shape index (κ2) is 9.80. The van der Waals surface area contributed by atoms with Gasteiger partial charge in [0.25, 0.3) is 10.1 Å². The molecule has 7 nitrogen and oxygen atoms in total. The molecule has 1 aromatic carbocycles. The molecule has 4 aliphatic carbocycles. The van der Waals surface area contributed by atoms with E-state index in [2.05, 4.69) is 19.9 Å². The van der Waals surface area contributed by atoms with E-state index in [9.17, 15) is 18.6 Å². The van der Waals surface area contributed by atoms with Crippen molar-refractivity contribution in [3.63, 3.8) is 0 Å². The van der Waals surface area contributed by atoms with E-state index in [0.29, 0.717) is 18.8 Å². The Morgan fingerprint density at radius 2 is 1.73 bits per heavy atom. The maximum atomic E-state index is 12.5.